The fourth-order valence-electron chi connectivity index (χ4n) is 2.36. The molecule has 0 saturated heterocycles. The molecule has 3 heteroatoms. The average Bonchev–Trinajstić information content (AvgIpc) is 2.00. The molecule has 2 N–H and O–H groups in total. The standard InChI is InChI=1S/C10H19NO2/c1-7-4-10(5-7,8(2)11)6-9(12)13-3/h7-8H,4-6,11H2,1-3H3. The van der Waals surface area contributed by atoms with Crippen LogP contribution in [0.2, 0.25) is 0 Å². The number of rotatable bonds is 3. The van der Waals surface area contributed by atoms with Crippen LogP contribution < -0.4 is 5.73 Å². The smallest absolute Gasteiger partial charge is 0.306 e. The van der Waals surface area contributed by atoms with Gasteiger partial charge in [-0.05, 0) is 31.1 Å². The summed E-state index contributed by atoms with van der Waals surface area (Å²) in [7, 11) is 1.43. The van der Waals surface area contributed by atoms with Gasteiger partial charge in [0.25, 0.3) is 0 Å². The summed E-state index contributed by atoms with van der Waals surface area (Å²) in [4.78, 5) is 11.2. The van der Waals surface area contributed by atoms with Crippen molar-refractivity contribution >= 4 is 5.97 Å². The first-order valence-corrected chi connectivity index (χ1v) is 4.82. The molecular formula is C10H19NO2. The van der Waals surface area contributed by atoms with Crippen LogP contribution in [-0.4, -0.2) is 19.1 Å². The van der Waals surface area contributed by atoms with Crippen LogP contribution in [0.3, 0.4) is 0 Å². The summed E-state index contributed by atoms with van der Waals surface area (Å²) in [5, 5.41) is 0. The molecule has 1 aliphatic rings. The number of carbonyl (C=O) groups excluding carboxylic acids is 1. The largest absolute Gasteiger partial charge is 0.469 e. The molecule has 0 heterocycles. The van der Waals surface area contributed by atoms with E-state index >= 15 is 0 Å². The van der Waals surface area contributed by atoms with Gasteiger partial charge in [-0.3, -0.25) is 4.79 Å². The monoisotopic (exact) mass is 185 g/mol. The van der Waals surface area contributed by atoms with Gasteiger partial charge in [0.2, 0.25) is 0 Å². The fraction of sp³-hybridized carbons (Fsp3) is 0.900. The number of esters is 1. The predicted molar refractivity (Wildman–Crippen MR) is 51.1 cm³/mol. The van der Waals surface area contributed by atoms with E-state index in [2.05, 4.69) is 11.7 Å². The van der Waals surface area contributed by atoms with Gasteiger partial charge in [-0.2, -0.15) is 0 Å². The SMILES string of the molecule is COC(=O)CC1(C(C)N)CC(C)C1. The Morgan fingerprint density at radius 3 is 2.54 bits per heavy atom. The van der Waals surface area contributed by atoms with Crippen molar-refractivity contribution in [2.45, 2.75) is 39.2 Å². The van der Waals surface area contributed by atoms with Crippen molar-refractivity contribution in [1.82, 2.24) is 0 Å². The Balaban J connectivity index is 2.55. The van der Waals surface area contributed by atoms with Gasteiger partial charge in [0.1, 0.15) is 0 Å². The Bertz CT molecular complexity index is 195. The summed E-state index contributed by atoms with van der Waals surface area (Å²) in [6, 6.07) is 0.0859. The number of nitrogens with two attached hydrogens (primary N) is 1. The first-order chi connectivity index (χ1) is 6.00. The summed E-state index contributed by atoms with van der Waals surface area (Å²) < 4.78 is 4.67. The van der Waals surface area contributed by atoms with Crippen molar-refractivity contribution in [2.75, 3.05) is 7.11 Å². The van der Waals surface area contributed by atoms with E-state index in [0.717, 1.165) is 12.8 Å². The van der Waals surface area contributed by atoms with E-state index < -0.39 is 0 Å². The second kappa shape index (κ2) is 3.66. The summed E-state index contributed by atoms with van der Waals surface area (Å²) >= 11 is 0. The quantitative estimate of drug-likeness (QED) is 0.674. The number of methoxy groups -OCH3 is 1. The Labute approximate surface area is 79.6 Å². The van der Waals surface area contributed by atoms with Gasteiger partial charge in [-0.25, -0.2) is 0 Å². The van der Waals surface area contributed by atoms with E-state index in [4.69, 9.17) is 5.73 Å². The van der Waals surface area contributed by atoms with Gasteiger partial charge in [0.15, 0.2) is 0 Å². The zero-order valence-corrected chi connectivity index (χ0v) is 8.67. The summed E-state index contributed by atoms with van der Waals surface area (Å²) in [5.74, 6) is 0.569. The van der Waals surface area contributed by atoms with Crippen molar-refractivity contribution in [1.29, 1.82) is 0 Å². The molecule has 0 aliphatic heterocycles. The normalized spacial score (nSPS) is 34.9. The van der Waals surface area contributed by atoms with Crippen LogP contribution in [0.5, 0.6) is 0 Å². The number of carbonyl (C=O) groups is 1. The molecular weight excluding hydrogens is 166 g/mol. The molecule has 1 aliphatic carbocycles. The minimum Gasteiger partial charge on any atom is -0.469 e. The highest BCUT2D eigenvalue weighted by molar-refractivity contribution is 5.70. The van der Waals surface area contributed by atoms with Crippen molar-refractivity contribution in [3.8, 4) is 0 Å². The fourth-order valence-corrected chi connectivity index (χ4v) is 2.36. The Morgan fingerprint density at radius 2 is 2.23 bits per heavy atom. The molecule has 13 heavy (non-hydrogen) atoms. The van der Waals surface area contributed by atoms with Gasteiger partial charge in [-0.15, -0.1) is 0 Å². The second-order valence-electron chi connectivity index (χ2n) is 4.42. The van der Waals surface area contributed by atoms with E-state index in [-0.39, 0.29) is 17.4 Å². The zero-order valence-electron chi connectivity index (χ0n) is 8.67. The Morgan fingerprint density at radius 1 is 1.69 bits per heavy atom. The predicted octanol–water partition coefficient (Wildman–Crippen LogP) is 1.31. The molecule has 0 aromatic heterocycles. The van der Waals surface area contributed by atoms with E-state index in [0.29, 0.717) is 12.3 Å². The van der Waals surface area contributed by atoms with Crippen LogP contribution in [0.25, 0.3) is 0 Å². The zero-order chi connectivity index (χ0) is 10.1. The van der Waals surface area contributed by atoms with Crippen LogP contribution in [-0.2, 0) is 9.53 Å². The van der Waals surface area contributed by atoms with Gasteiger partial charge in [0, 0.05) is 6.04 Å². The van der Waals surface area contributed by atoms with Gasteiger partial charge < -0.3 is 10.5 Å². The van der Waals surface area contributed by atoms with E-state index in [1.165, 1.54) is 7.11 Å². The summed E-state index contributed by atoms with van der Waals surface area (Å²) in [6.45, 7) is 4.17. The second-order valence-corrected chi connectivity index (χ2v) is 4.42. The molecule has 1 saturated carbocycles. The maximum Gasteiger partial charge on any atom is 0.306 e. The van der Waals surface area contributed by atoms with Crippen LogP contribution in [0.4, 0.5) is 0 Å². The molecule has 1 unspecified atom stereocenters. The van der Waals surface area contributed by atoms with E-state index in [9.17, 15) is 4.79 Å². The van der Waals surface area contributed by atoms with Crippen LogP contribution >= 0.6 is 0 Å². The maximum atomic E-state index is 11.2. The Hall–Kier alpha value is -0.570. The number of hydrogen-bond acceptors (Lipinski definition) is 3. The molecule has 1 atom stereocenters. The molecule has 1 fully saturated rings. The molecule has 1 rings (SSSR count). The highest BCUT2D eigenvalue weighted by Crippen LogP contribution is 2.50. The topological polar surface area (TPSA) is 52.3 Å². The summed E-state index contributed by atoms with van der Waals surface area (Å²) in [5.41, 5.74) is 5.91. The average molecular weight is 185 g/mol. The lowest BCUT2D eigenvalue weighted by atomic mass is 9.57. The summed E-state index contributed by atoms with van der Waals surface area (Å²) in [6.07, 6.45) is 2.59. The minimum atomic E-state index is -0.135. The molecule has 76 valence electrons. The number of ether oxygens (including phenoxy) is 1. The van der Waals surface area contributed by atoms with Crippen molar-refractivity contribution in [2.24, 2.45) is 17.1 Å². The molecule has 0 spiro atoms. The molecule has 0 aromatic carbocycles. The van der Waals surface area contributed by atoms with Crippen LogP contribution in [0.1, 0.15) is 33.1 Å². The lowest BCUT2D eigenvalue weighted by Crippen LogP contribution is -2.49. The number of hydrogen-bond donors (Lipinski definition) is 1. The molecule has 3 nitrogen and oxygen atoms in total. The first kappa shape index (κ1) is 10.5. The maximum absolute atomic E-state index is 11.2. The van der Waals surface area contributed by atoms with Gasteiger partial charge in [0.05, 0.1) is 13.5 Å². The van der Waals surface area contributed by atoms with Crippen molar-refractivity contribution in [3.63, 3.8) is 0 Å². The lowest BCUT2D eigenvalue weighted by Gasteiger charge is -2.48. The van der Waals surface area contributed by atoms with Crippen molar-refractivity contribution < 1.29 is 9.53 Å². The highest BCUT2D eigenvalue weighted by Gasteiger charge is 2.46. The third-order valence-electron chi connectivity index (χ3n) is 3.20. The third kappa shape index (κ3) is 2.02. The van der Waals surface area contributed by atoms with Crippen LogP contribution in [0.15, 0.2) is 0 Å². The molecule has 0 aromatic rings. The van der Waals surface area contributed by atoms with Gasteiger partial charge >= 0.3 is 5.97 Å². The molecule has 0 radical (unpaired) electrons. The lowest BCUT2D eigenvalue weighted by molar-refractivity contribution is -0.146. The van der Waals surface area contributed by atoms with E-state index in [1.54, 1.807) is 0 Å². The molecule has 0 bridgehead atoms. The minimum absolute atomic E-state index is 0.0203. The Kier molecular flexibility index (Phi) is 2.96. The third-order valence-corrected chi connectivity index (χ3v) is 3.20. The highest BCUT2D eigenvalue weighted by atomic mass is 16.5. The van der Waals surface area contributed by atoms with Crippen LogP contribution in [0, 0.1) is 11.3 Å². The van der Waals surface area contributed by atoms with Crippen molar-refractivity contribution in [3.05, 3.63) is 0 Å². The first-order valence-electron chi connectivity index (χ1n) is 4.82. The van der Waals surface area contributed by atoms with Gasteiger partial charge in [-0.1, -0.05) is 6.92 Å². The molecule has 0 amide bonds. The van der Waals surface area contributed by atoms with E-state index in [1.807, 2.05) is 6.92 Å².